The van der Waals surface area contributed by atoms with Gasteiger partial charge in [-0.15, -0.1) is 0 Å². The Kier molecular flexibility index (Phi) is 13.1. The molecule has 0 aliphatic rings. The maximum atomic E-state index is 14.7. The first-order valence-corrected chi connectivity index (χ1v) is 15.6. The predicted molar refractivity (Wildman–Crippen MR) is 98.1 cm³/mol. The van der Waals surface area contributed by atoms with Crippen LogP contribution in [0.5, 0.6) is 0 Å². The Morgan fingerprint density at radius 3 is 0.345 bits per heavy atom. The molecule has 0 atom stereocenters. The molecule has 0 rings (SSSR count). The van der Waals surface area contributed by atoms with Crippen molar-refractivity contribution in [3.8, 4) is 0 Å². The fourth-order valence-corrected chi connectivity index (χ4v) is 9.86. The van der Waals surface area contributed by atoms with E-state index in [9.17, 15) is 171 Å². The van der Waals surface area contributed by atoms with Crippen molar-refractivity contribution in [1.29, 1.82) is 0 Å². The second-order valence-electron chi connectivity index (χ2n) is 10.3. The van der Waals surface area contributed by atoms with Gasteiger partial charge in [0.2, 0.25) is 0 Å². The van der Waals surface area contributed by atoms with E-state index in [1.165, 1.54) is 0 Å². The van der Waals surface area contributed by atoms with E-state index in [1.54, 1.807) is 0 Å². The van der Waals surface area contributed by atoms with Gasteiger partial charge in [0.25, 0.3) is 0 Å². The molecule has 0 unspecified atom stereocenters. The molecule has 0 nitrogen and oxygen atoms in total. The zero-order valence-corrected chi connectivity index (χ0v) is 26.7. The summed E-state index contributed by atoms with van der Waals surface area (Å²) in [5.41, 5.74) is 0. The summed E-state index contributed by atoms with van der Waals surface area (Å²) in [7, 11) is 0. The molecular formula is C18F39Sb. The number of alkyl halides is 39. The minimum absolute atomic E-state index is 8.71. The first-order chi connectivity index (χ1) is 24.1. The summed E-state index contributed by atoms with van der Waals surface area (Å²) in [6.45, 7) is 0. The maximum absolute atomic E-state index is 14.7. The summed E-state index contributed by atoms with van der Waals surface area (Å²) in [6, 6.07) is 0. The average molecular weight is 1080 g/mol. The van der Waals surface area contributed by atoms with Crippen LogP contribution in [0.25, 0.3) is 0 Å². The Labute approximate surface area is 293 Å². The second kappa shape index (κ2) is 13.5. The quantitative estimate of drug-likeness (QED) is 0.113. The Morgan fingerprint density at radius 1 is 0.138 bits per heavy atom. The molecule has 58 heavy (non-hydrogen) atoms. The molecule has 0 saturated heterocycles. The first-order valence-electron chi connectivity index (χ1n) is 11.8. The van der Waals surface area contributed by atoms with Gasteiger partial charge in [-0.2, -0.15) is 0 Å². The normalized spacial score (nSPS) is 17.4. The molecule has 0 aromatic rings. The molecule has 0 aliphatic carbocycles. The third-order valence-electron chi connectivity index (χ3n) is 6.59. The van der Waals surface area contributed by atoms with Crippen molar-refractivity contribution in [2.24, 2.45) is 0 Å². The predicted octanol–water partition coefficient (Wildman–Crippen LogP) is 12.3. The Hall–Kier alpha value is -1.91. The number of rotatable bonds is 15. The van der Waals surface area contributed by atoms with E-state index in [2.05, 4.69) is 0 Å². The molecule has 0 spiro atoms. The van der Waals surface area contributed by atoms with Gasteiger partial charge in [-0.1, -0.05) is 0 Å². The fraction of sp³-hybridized carbons (Fsp3) is 1.00. The van der Waals surface area contributed by atoms with E-state index in [0.717, 1.165) is 0 Å². The van der Waals surface area contributed by atoms with Crippen molar-refractivity contribution in [2.75, 3.05) is 0 Å². The van der Waals surface area contributed by atoms with Crippen LogP contribution in [0.15, 0.2) is 0 Å². The molecule has 0 radical (unpaired) electrons. The van der Waals surface area contributed by atoms with E-state index in [0.29, 0.717) is 0 Å². The number of halogens is 39. The topological polar surface area (TPSA) is 0 Å². The summed E-state index contributed by atoms with van der Waals surface area (Å²) in [5, 5.41) is 0. The van der Waals surface area contributed by atoms with Crippen LogP contribution in [-0.2, 0) is 0 Å². The van der Waals surface area contributed by atoms with E-state index >= 15 is 0 Å². The summed E-state index contributed by atoms with van der Waals surface area (Å²) < 4.78 is 494. The fourth-order valence-electron chi connectivity index (χ4n) is 3.23. The number of hydrogen-bond acceptors (Lipinski definition) is 0. The molecule has 350 valence electrons. The first kappa shape index (κ1) is 56.1. The van der Waals surface area contributed by atoms with Crippen molar-refractivity contribution >= 4 is 20.2 Å². The van der Waals surface area contributed by atoms with Crippen LogP contribution in [0, 0.1) is 0 Å². The number of hydrogen-bond donors (Lipinski definition) is 0. The van der Waals surface area contributed by atoms with Crippen molar-refractivity contribution < 1.29 is 171 Å². The van der Waals surface area contributed by atoms with Gasteiger partial charge in [0.15, 0.2) is 0 Å². The zero-order chi connectivity index (χ0) is 48.6. The SMILES string of the molecule is FC(F)(F)C(F)(F)C(F)(F)C(F)(F)C(F)(F)[C](F)(F)[Sb]([C](F)(F)C(F)(F)C(F)(F)C(F)(F)C(F)(F)C(F)(F)F)[C](F)(F)C(F)(F)C(F)(F)C(F)(F)C(F)(F)C(F)(F)F. The zero-order valence-electron chi connectivity index (χ0n) is 24.2. The van der Waals surface area contributed by atoms with Crippen LogP contribution >= 0.6 is 0 Å². The second-order valence-corrected chi connectivity index (χ2v) is 17.1. The monoisotopic (exact) mass is 1080 g/mol. The van der Waals surface area contributed by atoms with Crippen LogP contribution in [0.3, 0.4) is 0 Å². The molecule has 0 aromatic carbocycles. The average Bonchev–Trinajstić information content (AvgIpc) is 2.93. The van der Waals surface area contributed by atoms with Crippen molar-refractivity contribution in [2.45, 2.75) is 101 Å². The van der Waals surface area contributed by atoms with Gasteiger partial charge in [-0.3, -0.25) is 0 Å². The van der Waals surface area contributed by atoms with Gasteiger partial charge in [0, 0.05) is 0 Å². The van der Waals surface area contributed by atoms with Gasteiger partial charge in [0.05, 0.1) is 0 Å². The van der Waals surface area contributed by atoms with E-state index < -0.39 is 121 Å². The Morgan fingerprint density at radius 2 is 0.241 bits per heavy atom. The van der Waals surface area contributed by atoms with Crippen molar-refractivity contribution in [3.63, 3.8) is 0 Å². The van der Waals surface area contributed by atoms with Crippen LogP contribution in [0.1, 0.15) is 0 Å². The van der Waals surface area contributed by atoms with Gasteiger partial charge in [-0.25, -0.2) is 0 Å². The summed E-state index contributed by atoms with van der Waals surface area (Å²) in [6.07, 6.45) is -26.1. The molecule has 40 heteroatoms. The van der Waals surface area contributed by atoms with Crippen LogP contribution in [0.2, 0.25) is 0 Å². The Bertz CT molecular complexity index is 1300. The van der Waals surface area contributed by atoms with Gasteiger partial charge in [0.1, 0.15) is 0 Å². The van der Waals surface area contributed by atoms with Crippen LogP contribution in [0.4, 0.5) is 171 Å². The molecule has 0 saturated carbocycles. The third kappa shape index (κ3) is 6.68. The molecule has 0 aliphatic heterocycles. The third-order valence-corrected chi connectivity index (χ3v) is 13.8. The minimum atomic E-state index is -13.1. The molecule has 0 fully saturated rings. The van der Waals surface area contributed by atoms with Crippen LogP contribution in [-0.4, -0.2) is 121 Å². The summed E-state index contributed by atoms with van der Waals surface area (Å²) >= 11 is -13.1. The van der Waals surface area contributed by atoms with Gasteiger partial charge < -0.3 is 0 Å². The summed E-state index contributed by atoms with van der Waals surface area (Å²) in [5.74, 6) is -120. The van der Waals surface area contributed by atoms with E-state index in [4.69, 9.17) is 0 Å². The molecular weight excluding hydrogens is 1080 g/mol. The summed E-state index contributed by atoms with van der Waals surface area (Å²) in [4.78, 5) is 0. The van der Waals surface area contributed by atoms with E-state index in [-0.39, 0.29) is 0 Å². The van der Waals surface area contributed by atoms with E-state index in [1.807, 2.05) is 0 Å². The van der Waals surface area contributed by atoms with Gasteiger partial charge >= 0.3 is 293 Å². The molecule has 0 N–H and O–H groups in total. The molecule has 0 amide bonds. The van der Waals surface area contributed by atoms with Crippen molar-refractivity contribution in [3.05, 3.63) is 0 Å². The molecule has 0 bridgehead atoms. The molecule has 0 aromatic heterocycles. The Balaban J connectivity index is 9.13. The van der Waals surface area contributed by atoms with Crippen molar-refractivity contribution in [1.82, 2.24) is 0 Å². The molecule has 0 heterocycles. The van der Waals surface area contributed by atoms with Gasteiger partial charge in [-0.05, 0) is 0 Å². The van der Waals surface area contributed by atoms with Crippen LogP contribution < -0.4 is 0 Å². The standard InChI is InChI=1S/3C6F13.Sb/c3*7-1(8)2(9,10)3(11,12)4(13,14)5(15,16)6(17,18)19;.